The Bertz CT molecular complexity index is 330. The van der Waals surface area contributed by atoms with Crippen molar-refractivity contribution in [2.75, 3.05) is 26.4 Å². The number of allylic oxidation sites excluding steroid dienone is 1. The zero-order valence-corrected chi connectivity index (χ0v) is 17.5. The van der Waals surface area contributed by atoms with E-state index >= 15 is 0 Å². The van der Waals surface area contributed by atoms with E-state index in [1.54, 1.807) is 0 Å². The Balaban J connectivity index is 0. The lowest BCUT2D eigenvalue weighted by atomic mass is 10.1. The summed E-state index contributed by atoms with van der Waals surface area (Å²) in [4.78, 5) is 0. The molecule has 0 unspecified atom stereocenters. The van der Waals surface area contributed by atoms with E-state index in [4.69, 9.17) is 9.47 Å². The van der Waals surface area contributed by atoms with Gasteiger partial charge in [-0.15, -0.1) is 5.92 Å². The van der Waals surface area contributed by atoms with E-state index in [0.717, 1.165) is 38.6 Å². The van der Waals surface area contributed by atoms with Gasteiger partial charge in [0, 0.05) is 13.0 Å². The van der Waals surface area contributed by atoms with Crippen molar-refractivity contribution in [2.24, 2.45) is 23.7 Å². The van der Waals surface area contributed by atoms with Crippen LogP contribution in [0.3, 0.4) is 0 Å². The predicted octanol–water partition coefficient (Wildman–Crippen LogP) is 5.97. The lowest BCUT2D eigenvalue weighted by Crippen LogP contribution is -2.01. The second-order valence-corrected chi connectivity index (χ2v) is 7.89. The molecule has 0 radical (unpaired) electrons. The van der Waals surface area contributed by atoms with Crippen molar-refractivity contribution in [1.29, 1.82) is 0 Å². The zero-order chi connectivity index (χ0) is 18.8. The highest BCUT2D eigenvalue weighted by atomic mass is 16.5. The summed E-state index contributed by atoms with van der Waals surface area (Å²) >= 11 is 0. The molecule has 2 heteroatoms. The molecule has 0 aromatic rings. The first-order valence-electron chi connectivity index (χ1n) is 9.51. The van der Waals surface area contributed by atoms with Gasteiger partial charge in [0.05, 0.1) is 13.2 Å². The topological polar surface area (TPSA) is 18.5 Å². The van der Waals surface area contributed by atoms with Crippen molar-refractivity contribution in [3.63, 3.8) is 0 Å². The molecule has 0 aliphatic rings. The molecule has 24 heavy (non-hydrogen) atoms. The van der Waals surface area contributed by atoms with Crippen LogP contribution in [0.4, 0.5) is 0 Å². The monoisotopic (exact) mass is 338 g/mol. The van der Waals surface area contributed by atoms with Crippen LogP contribution in [0, 0.1) is 35.5 Å². The van der Waals surface area contributed by atoms with E-state index < -0.39 is 0 Å². The van der Waals surface area contributed by atoms with E-state index in [1.165, 1.54) is 0 Å². The standard InChI is InChI=1S/C11H22O.C11H20O/c2*1-10(2)7-5-6-8-12-9-11(3)4/h5-6,10-11H,7-9H2,1-4H3;10-11H,7-9H2,1-4H3/b6-5-;. The summed E-state index contributed by atoms with van der Waals surface area (Å²) in [5, 5.41) is 0. The van der Waals surface area contributed by atoms with Gasteiger partial charge in [-0.25, -0.2) is 0 Å². The van der Waals surface area contributed by atoms with Crippen LogP contribution in [-0.4, -0.2) is 26.4 Å². The number of ether oxygens (including phenoxy) is 2. The largest absolute Gasteiger partial charge is 0.377 e. The zero-order valence-electron chi connectivity index (χ0n) is 17.5. The Kier molecular flexibility index (Phi) is 19.7. The molecule has 0 aliphatic heterocycles. The van der Waals surface area contributed by atoms with E-state index in [2.05, 4.69) is 79.4 Å². The molecule has 0 saturated heterocycles. The smallest absolute Gasteiger partial charge is 0.107 e. The second kappa shape index (κ2) is 18.6. The fourth-order valence-electron chi connectivity index (χ4n) is 1.48. The summed E-state index contributed by atoms with van der Waals surface area (Å²) in [5.41, 5.74) is 0. The Labute approximate surface area is 152 Å². The minimum atomic E-state index is 0.588. The lowest BCUT2D eigenvalue weighted by Gasteiger charge is -2.03. The fraction of sp³-hybridized carbons (Fsp3) is 0.818. The molecule has 0 atom stereocenters. The van der Waals surface area contributed by atoms with Crippen molar-refractivity contribution in [2.45, 2.75) is 68.2 Å². The van der Waals surface area contributed by atoms with Gasteiger partial charge in [0.15, 0.2) is 0 Å². The molecule has 2 nitrogen and oxygen atoms in total. The van der Waals surface area contributed by atoms with Crippen molar-refractivity contribution in [3.8, 4) is 11.8 Å². The van der Waals surface area contributed by atoms with Crippen LogP contribution in [0.1, 0.15) is 68.2 Å². The molecule has 0 bridgehead atoms. The summed E-state index contributed by atoms with van der Waals surface area (Å²) < 4.78 is 10.7. The van der Waals surface area contributed by atoms with Gasteiger partial charge >= 0.3 is 0 Å². The molecule has 0 aromatic heterocycles. The molecular weight excluding hydrogens is 296 g/mol. The third-order valence-electron chi connectivity index (χ3n) is 2.70. The Morgan fingerprint density at radius 2 is 1.25 bits per heavy atom. The molecule has 0 spiro atoms. The normalized spacial score (nSPS) is 11.2. The SMILES string of the molecule is CC(C)C/C=C\COCC(C)C.CC(C)CC#CCOCC(C)C. The van der Waals surface area contributed by atoms with Crippen molar-refractivity contribution < 1.29 is 9.47 Å². The van der Waals surface area contributed by atoms with Gasteiger partial charge in [-0.1, -0.05) is 73.5 Å². The first-order valence-corrected chi connectivity index (χ1v) is 9.51. The Morgan fingerprint density at radius 1 is 0.667 bits per heavy atom. The van der Waals surface area contributed by atoms with Gasteiger partial charge in [0.1, 0.15) is 6.61 Å². The average molecular weight is 339 g/mol. The summed E-state index contributed by atoms with van der Waals surface area (Å²) in [6.45, 7) is 20.4. The van der Waals surface area contributed by atoms with Crippen LogP contribution >= 0.6 is 0 Å². The van der Waals surface area contributed by atoms with E-state index in [9.17, 15) is 0 Å². The molecule has 0 aliphatic carbocycles. The highest BCUT2D eigenvalue weighted by molar-refractivity contribution is 4.99. The lowest BCUT2D eigenvalue weighted by molar-refractivity contribution is 0.134. The quantitative estimate of drug-likeness (QED) is 0.277. The highest BCUT2D eigenvalue weighted by Crippen LogP contribution is 2.00. The first-order chi connectivity index (χ1) is 11.3. The molecule has 0 N–H and O–H groups in total. The van der Waals surface area contributed by atoms with Gasteiger partial charge in [-0.05, 0) is 30.1 Å². The summed E-state index contributed by atoms with van der Waals surface area (Å²) in [5.74, 6) is 8.76. The molecule has 0 fully saturated rings. The number of hydrogen-bond donors (Lipinski definition) is 0. The van der Waals surface area contributed by atoms with Crippen molar-refractivity contribution in [1.82, 2.24) is 0 Å². The highest BCUT2D eigenvalue weighted by Gasteiger charge is 1.91. The predicted molar refractivity (Wildman–Crippen MR) is 107 cm³/mol. The maximum atomic E-state index is 5.39. The molecule has 0 aromatic carbocycles. The molecule has 0 rings (SSSR count). The third-order valence-corrected chi connectivity index (χ3v) is 2.70. The van der Waals surface area contributed by atoms with Gasteiger partial charge in [0.2, 0.25) is 0 Å². The van der Waals surface area contributed by atoms with Gasteiger partial charge in [-0.2, -0.15) is 0 Å². The van der Waals surface area contributed by atoms with Crippen LogP contribution in [0.5, 0.6) is 0 Å². The first kappa shape index (κ1) is 25.5. The van der Waals surface area contributed by atoms with Gasteiger partial charge < -0.3 is 9.47 Å². The Morgan fingerprint density at radius 3 is 1.75 bits per heavy atom. The summed E-state index contributed by atoms with van der Waals surface area (Å²) in [6, 6.07) is 0. The van der Waals surface area contributed by atoms with Gasteiger partial charge in [-0.3, -0.25) is 0 Å². The molecule has 0 saturated carbocycles. The van der Waals surface area contributed by atoms with E-state index in [0.29, 0.717) is 24.4 Å². The number of rotatable bonds is 10. The molecule has 142 valence electrons. The average Bonchev–Trinajstić information content (AvgIpc) is 2.46. The minimum Gasteiger partial charge on any atom is -0.377 e. The van der Waals surface area contributed by atoms with E-state index in [-0.39, 0.29) is 0 Å². The summed E-state index contributed by atoms with van der Waals surface area (Å²) in [7, 11) is 0. The Hall–Kier alpha value is -0.780. The minimum absolute atomic E-state index is 0.588. The maximum absolute atomic E-state index is 5.39. The second-order valence-electron chi connectivity index (χ2n) is 7.89. The molecular formula is C22H42O2. The van der Waals surface area contributed by atoms with Crippen LogP contribution < -0.4 is 0 Å². The molecule has 0 amide bonds. The summed E-state index contributed by atoms with van der Waals surface area (Å²) in [6.07, 6.45) is 6.45. The molecule has 0 heterocycles. The van der Waals surface area contributed by atoms with Crippen molar-refractivity contribution in [3.05, 3.63) is 12.2 Å². The van der Waals surface area contributed by atoms with Crippen LogP contribution in [0.15, 0.2) is 12.2 Å². The maximum Gasteiger partial charge on any atom is 0.107 e. The van der Waals surface area contributed by atoms with Gasteiger partial charge in [0.25, 0.3) is 0 Å². The number of hydrogen-bond acceptors (Lipinski definition) is 2. The van der Waals surface area contributed by atoms with Crippen molar-refractivity contribution >= 4 is 0 Å². The third kappa shape index (κ3) is 29.3. The van der Waals surface area contributed by atoms with Crippen LogP contribution in [0.25, 0.3) is 0 Å². The van der Waals surface area contributed by atoms with Crippen LogP contribution in [-0.2, 0) is 9.47 Å². The van der Waals surface area contributed by atoms with Crippen LogP contribution in [0.2, 0.25) is 0 Å². The van der Waals surface area contributed by atoms with E-state index in [1.807, 2.05) is 0 Å². The fourth-order valence-corrected chi connectivity index (χ4v) is 1.48.